The first-order valence-electron chi connectivity index (χ1n) is 11.7. The number of thiazole rings is 1. The van der Waals surface area contributed by atoms with Crippen LogP contribution in [0.3, 0.4) is 0 Å². The molecule has 0 bridgehead atoms. The van der Waals surface area contributed by atoms with Gasteiger partial charge in [-0.15, -0.1) is 11.3 Å². The summed E-state index contributed by atoms with van der Waals surface area (Å²) >= 11 is 1.59. The number of benzene rings is 2. The lowest BCUT2D eigenvalue weighted by atomic mass is 10.0. The third-order valence-electron chi connectivity index (χ3n) is 5.96. The zero-order valence-corrected chi connectivity index (χ0v) is 20.6. The molecule has 5 rings (SSSR count). The molecule has 0 fully saturated rings. The molecule has 2 heterocycles. The van der Waals surface area contributed by atoms with Crippen LogP contribution in [-0.2, 0) is 24.2 Å². The Morgan fingerprint density at radius 3 is 2.74 bits per heavy atom. The Balaban J connectivity index is 1.29. The van der Waals surface area contributed by atoms with Crippen LogP contribution in [0.4, 0.5) is 5.69 Å². The van der Waals surface area contributed by atoms with Crippen LogP contribution in [0.2, 0.25) is 0 Å². The van der Waals surface area contributed by atoms with Gasteiger partial charge in [-0.2, -0.15) is 0 Å². The second-order valence-electron chi connectivity index (χ2n) is 8.82. The molecule has 4 aromatic rings. The van der Waals surface area contributed by atoms with Crippen molar-refractivity contribution in [1.29, 1.82) is 0 Å². The van der Waals surface area contributed by atoms with Crippen LogP contribution in [0, 0.1) is 13.8 Å². The number of fused-ring (bicyclic) bond motifs is 3. The summed E-state index contributed by atoms with van der Waals surface area (Å²) < 4.78 is 13.4. The summed E-state index contributed by atoms with van der Waals surface area (Å²) in [5, 5.41) is 2.87. The number of nitrogens with one attached hydrogen (secondary N) is 1. The highest BCUT2D eigenvalue weighted by Crippen LogP contribution is 2.29. The summed E-state index contributed by atoms with van der Waals surface area (Å²) in [7, 11) is 0. The van der Waals surface area contributed by atoms with Crippen molar-refractivity contribution in [1.82, 2.24) is 9.38 Å². The van der Waals surface area contributed by atoms with E-state index >= 15 is 0 Å². The smallest absolute Gasteiger partial charge is 0.262 e. The van der Waals surface area contributed by atoms with Crippen LogP contribution in [0.1, 0.15) is 40.2 Å². The minimum atomic E-state index is -0.288. The van der Waals surface area contributed by atoms with E-state index in [9.17, 15) is 9.59 Å². The van der Waals surface area contributed by atoms with Gasteiger partial charge >= 0.3 is 0 Å². The zero-order valence-electron chi connectivity index (χ0n) is 19.8. The van der Waals surface area contributed by atoms with E-state index in [1.165, 1.54) is 10.9 Å². The standard InChI is InChI=1S/C27H27N3O4S/c1-17-6-5-7-20(12-17)33-16-25(31)29-21-13-18(2)10-11-23(21)34-15-19-14-26(32)30-22-8-3-4-9-24(22)35-27(30)28-19/h5-7,10-14H,3-4,8-9,15-16H2,1-2H3,(H,29,31). The van der Waals surface area contributed by atoms with Gasteiger partial charge in [0.25, 0.3) is 11.5 Å². The summed E-state index contributed by atoms with van der Waals surface area (Å²) in [6.45, 7) is 3.92. The Labute approximate surface area is 207 Å². The summed E-state index contributed by atoms with van der Waals surface area (Å²) in [4.78, 5) is 32.0. The fraction of sp³-hybridized carbons (Fsp3) is 0.296. The molecule has 0 atom stereocenters. The molecule has 0 saturated carbocycles. The van der Waals surface area contributed by atoms with E-state index < -0.39 is 0 Å². The van der Waals surface area contributed by atoms with Crippen LogP contribution in [-0.4, -0.2) is 21.9 Å². The zero-order chi connectivity index (χ0) is 24.4. The van der Waals surface area contributed by atoms with E-state index in [1.807, 2.05) is 56.3 Å². The number of carbonyl (C=O) groups excluding carboxylic acids is 1. The summed E-state index contributed by atoms with van der Waals surface area (Å²) in [6.07, 6.45) is 4.19. The maximum Gasteiger partial charge on any atom is 0.262 e. The molecular weight excluding hydrogens is 462 g/mol. The molecule has 0 unspecified atom stereocenters. The predicted molar refractivity (Wildman–Crippen MR) is 137 cm³/mol. The van der Waals surface area contributed by atoms with Gasteiger partial charge < -0.3 is 14.8 Å². The average molecular weight is 490 g/mol. The Morgan fingerprint density at radius 2 is 1.89 bits per heavy atom. The molecular formula is C27H27N3O4S. The van der Waals surface area contributed by atoms with E-state index in [0.29, 0.717) is 27.8 Å². The number of anilines is 1. The summed E-state index contributed by atoms with van der Waals surface area (Å²) in [5.74, 6) is 0.861. The minimum Gasteiger partial charge on any atom is -0.485 e. The van der Waals surface area contributed by atoms with Crippen LogP contribution < -0.4 is 20.3 Å². The molecule has 2 aromatic heterocycles. The van der Waals surface area contributed by atoms with Crippen molar-refractivity contribution in [3.63, 3.8) is 0 Å². The first-order chi connectivity index (χ1) is 17.0. The Kier molecular flexibility index (Phi) is 6.55. The third kappa shape index (κ3) is 5.22. The number of amides is 1. The first kappa shape index (κ1) is 23.1. The number of hydrogen-bond acceptors (Lipinski definition) is 6. The highest BCUT2D eigenvalue weighted by molar-refractivity contribution is 7.17. The number of nitrogens with zero attached hydrogens (tertiary/aromatic N) is 2. The molecule has 35 heavy (non-hydrogen) atoms. The topological polar surface area (TPSA) is 81.9 Å². The third-order valence-corrected chi connectivity index (χ3v) is 7.10. The van der Waals surface area contributed by atoms with Crippen molar-refractivity contribution in [3.05, 3.63) is 86.3 Å². The van der Waals surface area contributed by atoms with Crippen LogP contribution in [0.15, 0.2) is 53.3 Å². The number of rotatable bonds is 7. The van der Waals surface area contributed by atoms with Crippen LogP contribution in [0.5, 0.6) is 11.5 Å². The van der Waals surface area contributed by atoms with Crippen molar-refractivity contribution < 1.29 is 14.3 Å². The number of ether oxygens (including phenoxy) is 2. The second-order valence-corrected chi connectivity index (χ2v) is 9.89. The number of aromatic nitrogens is 2. The van der Waals surface area contributed by atoms with Crippen molar-refractivity contribution in [2.75, 3.05) is 11.9 Å². The fourth-order valence-corrected chi connectivity index (χ4v) is 5.51. The SMILES string of the molecule is Cc1cccc(OCC(=O)Nc2cc(C)ccc2OCc2cc(=O)n3c4c(sc3n2)CCCC4)c1. The van der Waals surface area contributed by atoms with E-state index in [4.69, 9.17) is 9.47 Å². The second kappa shape index (κ2) is 9.92. The maximum absolute atomic E-state index is 12.8. The fourth-order valence-electron chi connectivity index (χ4n) is 4.28. The number of hydrogen-bond donors (Lipinski definition) is 1. The minimum absolute atomic E-state index is 0.0706. The maximum atomic E-state index is 12.8. The molecule has 0 radical (unpaired) electrons. The molecule has 0 spiro atoms. The van der Waals surface area contributed by atoms with Gasteiger partial charge in [0.1, 0.15) is 18.1 Å². The van der Waals surface area contributed by atoms with Gasteiger partial charge in [0.15, 0.2) is 11.6 Å². The monoisotopic (exact) mass is 489 g/mol. The number of carbonyl (C=O) groups is 1. The molecule has 180 valence electrons. The Bertz CT molecular complexity index is 1460. The largest absolute Gasteiger partial charge is 0.485 e. The lowest BCUT2D eigenvalue weighted by Gasteiger charge is -2.14. The molecule has 7 nitrogen and oxygen atoms in total. The van der Waals surface area contributed by atoms with Gasteiger partial charge in [0, 0.05) is 16.6 Å². The van der Waals surface area contributed by atoms with Crippen LogP contribution >= 0.6 is 11.3 Å². The summed E-state index contributed by atoms with van der Waals surface area (Å²) in [6, 6.07) is 14.7. The first-order valence-corrected chi connectivity index (χ1v) is 12.5. The normalized spacial score (nSPS) is 12.9. The van der Waals surface area contributed by atoms with Crippen molar-refractivity contribution in [2.45, 2.75) is 46.1 Å². The average Bonchev–Trinajstić information content (AvgIpc) is 3.21. The Hall–Kier alpha value is -3.65. The quantitative estimate of drug-likeness (QED) is 0.401. The van der Waals surface area contributed by atoms with Crippen molar-refractivity contribution >= 4 is 27.9 Å². The van der Waals surface area contributed by atoms with E-state index in [-0.39, 0.29) is 24.7 Å². The molecule has 1 amide bonds. The number of aryl methyl sites for hydroxylation is 4. The van der Waals surface area contributed by atoms with Gasteiger partial charge in [0.05, 0.1) is 11.4 Å². The molecule has 0 saturated heterocycles. The lowest BCUT2D eigenvalue weighted by Crippen LogP contribution is -2.21. The predicted octanol–water partition coefficient (Wildman–Crippen LogP) is 4.85. The molecule has 0 aliphatic heterocycles. The van der Waals surface area contributed by atoms with Gasteiger partial charge in [-0.05, 0) is 74.9 Å². The lowest BCUT2D eigenvalue weighted by molar-refractivity contribution is -0.118. The summed E-state index contributed by atoms with van der Waals surface area (Å²) in [5.41, 5.74) is 4.19. The molecule has 8 heteroatoms. The van der Waals surface area contributed by atoms with E-state index in [0.717, 1.165) is 42.5 Å². The molecule has 1 N–H and O–H groups in total. The van der Waals surface area contributed by atoms with Crippen molar-refractivity contribution in [3.8, 4) is 11.5 Å². The highest BCUT2D eigenvalue weighted by atomic mass is 32.1. The van der Waals surface area contributed by atoms with Gasteiger partial charge in [0.2, 0.25) is 0 Å². The van der Waals surface area contributed by atoms with Crippen molar-refractivity contribution in [2.24, 2.45) is 0 Å². The molecule has 2 aromatic carbocycles. The van der Waals surface area contributed by atoms with Crippen LogP contribution in [0.25, 0.3) is 4.96 Å². The van der Waals surface area contributed by atoms with Gasteiger partial charge in [-0.1, -0.05) is 18.2 Å². The molecule has 1 aliphatic rings. The van der Waals surface area contributed by atoms with Gasteiger partial charge in [-0.3, -0.25) is 14.0 Å². The van der Waals surface area contributed by atoms with E-state index in [1.54, 1.807) is 15.7 Å². The highest BCUT2D eigenvalue weighted by Gasteiger charge is 2.19. The van der Waals surface area contributed by atoms with Gasteiger partial charge in [-0.25, -0.2) is 4.98 Å². The Morgan fingerprint density at radius 1 is 1.06 bits per heavy atom. The molecule has 1 aliphatic carbocycles. The van der Waals surface area contributed by atoms with E-state index in [2.05, 4.69) is 10.3 Å².